The van der Waals surface area contributed by atoms with E-state index in [9.17, 15) is 0 Å². The minimum Gasteiger partial charge on any atom is -0.339 e. The Balaban J connectivity index is 1.24. The average Bonchev–Trinajstić information content (AvgIpc) is 3.51. The fraction of sp³-hybridized carbons (Fsp3) is 0.750. The van der Waals surface area contributed by atoms with E-state index < -0.39 is 0 Å². The number of hydrogen-bond donors (Lipinski definition) is 0. The lowest BCUT2D eigenvalue weighted by Crippen LogP contribution is -2.34. The van der Waals surface area contributed by atoms with E-state index >= 15 is 0 Å². The van der Waals surface area contributed by atoms with Gasteiger partial charge in [0.25, 0.3) is 0 Å². The fourth-order valence-electron chi connectivity index (χ4n) is 3.35. The lowest BCUT2D eigenvalue weighted by Gasteiger charge is -2.29. The Morgan fingerprint density at radius 1 is 0.870 bits per heavy atom. The first-order valence-corrected chi connectivity index (χ1v) is 8.73. The van der Waals surface area contributed by atoms with Crippen LogP contribution in [0.2, 0.25) is 0 Å². The molecule has 0 spiro atoms. The van der Waals surface area contributed by atoms with Crippen LogP contribution in [0.5, 0.6) is 0 Å². The smallest absolute Gasteiger partial charge is 0.240 e. The molecule has 7 nitrogen and oxygen atoms in total. The van der Waals surface area contributed by atoms with Crippen molar-refractivity contribution >= 4 is 0 Å². The van der Waals surface area contributed by atoms with Gasteiger partial charge in [-0.2, -0.15) is 9.97 Å². The van der Waals surface area contributed by atoms with Crippen LogP contribution in [-0.4, -0.2) is 38.3 Å². The van der Waals surface area contributed by atoms with Crippen molar-refractivity contribution in [3.05, 3.63) is 23.4 Å². The van der Waals surface area contributed by atoms with Gasteiger partial charge < -0.3 is 9.05 Å². The fourth-order valence-corrected chi connectivity index (χ4v) is 3.35. The van der Waals surface area contributed by atoms with Crippen LogP contribution in [0.3, 0.4) is 0 Å². The molecule has 3 fully saturated rings. The van der Waals surface area contributed by atoms with E-state index in [1.54, 1.807) is 0 Å². The summed E-state index contributed by atoms with van der Waals surface area (Å²) < 4.78 is 10.8. The van der Waals surface area contributed by atoms with Gasteiger partial charge in [-0.15, -0.1) is 0 Å². The first-order valence-electron chi connectivity index (χ1n) is 8.73. The molecule has 2 aromatic rings. The second-order valence-electron chi connectivity index (χ2n) is 7.16. The number of aromatic nitrogens is 4. The zero-order valence-electron chi connectivity index (χ0n) is 13.1. The van der Waals surface area contributed by atoms with Crippen LogP contribution in [0.4, 0.5) is 0 Å². The van der Waals surface area contributed by atoms with E-state index in [2.05, 4.69) is 25.2 Å². The van der Waals surface area contributed by atoms with Gasteiger partial charge in [0.1, 0.15) is 0 Å². The molecule has 1 atom stereocenters. The molecule has 2 aromatic heterocycles. The van der Waals surface area contributed by atoms with Gasteiger partial charge in [-0.3, -0.25) is 4.90 Å². The normalized spacial score (nSPS) is 25.8. The largest absolute Gasteiger partial charge is 0.339 e. The molecule has 1 saturated heterocycles. The van der Waals surface area contributed by atoms with Crippen LogP contribution in [0.25, 0.3) is 0 Å². The molecule has 0 unspecified atom stereocenters. The first-order chi connectivity index (χ1) is 11.3. The summed E-state index contributed by atoms with van der Waals surface area (Å²) in [6.07, 6.45) is 7.05. The predicted octanol–water partition coefficient (Wildman–Crippen LogP) is 2.59. The number of hydrogen-bond acceptors (Lipinski definition) is 7. The summed E-state index contributed by atoms with van der Waals surface area (Å²) in [5, 5.41) is 8.31. The van der Waals surface area contributed by atoms with Gasteiger partial charge in [0.15, 0.2) is 11.6 Å². The molecule has 7 heteroatoms. The number of likely N-dealkylation sites (tertiary alicyclic amines) is 1. The van der Waals surface area contributed by atoms with E-state index in [0.717, 1.165) is 55.9 Å². The van der Waals surface area contributed by atoms with Gasteiger partial charge >= 0.3 is 0 Å². The second kappa shape index (κ2) is 5.40. The van der Waals surface area contributed by atoms with Crippen LogP contribution in [-0.2, 0) is 6.54 Å². The van der Waals surface area contributed by atoms with Gasteiger partial charge in [0.2, 0.25) is 11.8 Å². The highest BCUT2D eigenvalue weighted by Crippen LogP contribution is 2.40. The molecule has 2 aliphatic carbocycles. The molecule has 2 saturated carbocycles. The van der Waals surface area contributed by atoms with Crippen LogP contribution in [0.1, 0.15) is 79.7 Å². The summed E-state index contributed by atoms with van der Waals surface area (Å²) >= 11 is 0. The van der Waals surface area contributed by atoms with Crippen molar-refractivity contribution in [1.82, 2.24) is 25.2 Å². The quantitative estimate of drug-likeness (QED) is 0.838. The van der Waals surface area contributed by atoms with Gasteiger partial charge in [-0.25, -0.2) is 0 Å². The van der Waals surface area contributed by atoms with E-state index in [-0.39, 0.29) is 0 Å². The molecule has 0 bridgehead atoms. The summed E-state index contributed by atoms with van der Waals surface area (Å²) in [4.78, 5) is 11.5. The van der Waals surface area contributed by atoms with Crippen LogP contribution in [0, 0.1) is 0 Å². The summed E-state index contributed by atoms with van der Waals surface area (Å²) in [5.74, 6) is 4.76. The van der Waals surface area contributed by atoms with E-state index in [1.807, 2.05) is 0 Å². The molecular weight excluding hydrogens is 294 g/mol. The third kappa shape index (κ3) is 2.89. The van der Waals surface area contributed by atoms with Crippen molar-refractivity contribution in [2.24, 2.45) is 0 Å². The SMILES string of the molecule is C1C[C@H](c2noc(C3CC3)n2)CN(Cc2nc(C3CC3)no2)C1. The van der Waals surface area contributed by atoms with Crippen molar-refractivity contribution in [2.45, 2.75) is 62.8 Å². The minimum absolute atomic E-state index is 0.353. The Morgan fingerprint density at radius 3 is 2.48 bits per heavy atom. The summed E-state index contributed by atoms with van der Waals surface area (Å²) in [5.41, 5.74) is 0. The maximum atomic E-state index is 5.41. The topological polar surface area (TPSA) is 81.1 Å². The van der Waals surface area contributed by atoms with Gasteiger partial charge in [0, 0.05) is 24.3 Å². The molecule has 122 valence electrons. The van der Waals surface area contributed by atoms with Crippen molar-refractivity contribution in [2.75, 3.05) is 13.1 Å². The molecule has 23 heavy (non-hydrogen) atoms. The molecule has 3 heterocycles. The molecule has 1 aliphatic heterocycles. The molecule has 0 amide bonds. The highest BCUT2D eigenvalue weighted by molar-refractivity contribution is 5.06. The number of nitrogens with zero attached hydrogens (tertiary/aromatic N) is 5. The molecular formula is C16H21N5O2. The van der Waals surface area contributed by atoms with Crippen LogP contribution < -0.4 is 0 Å². The van der Waals surface area contributed by atoms with Gasteiger partial charge in [0.05, 0.1) is 6.54 Å². The molecule has 0 aromatic carbocycles. The third-order valence-corrected chi connectivity index (χ3v) is 5.04. The van der Waals surface area contributed by atoms with Crippen molar-refractivity contribution in [3.63, 3.8) is 0 Å². The second-order valence-corrected chi connectivity index (χ2v) is 7.16. The molecule has 3 aliphatic rings. The van der Waals surface area contributed by atoms with Gasteiger partial charge in [-0.1, -0.05) is 10.3 Å². The Morgan fingerprint density at radius 2 is 1.65 bits per heavy atom. The Hall–Kier alpha value is -1.76. The lowest BCUT2D eigenvalue weighted by atomic mass is 9.97. The Labute approximate surface area is 134 Å². The monoisotopic (exact) mass is 315 g/mol. The maximum Gasteiger partial charge on any atom is 0.240 e. The van der Waals surface area contributed by atoms with Gasteiger partial charge in [-0.05, 0) is 45.1 Å². The summed E-state index contributed by atoms with van der Waals surface area (Å²) in [7, 11) is 0. The highest BCUT2D eigenvalue weighted by Gasteiger charge is 2.33. The van der Waals surface area contributed by atoms with Crippen LogP contribution >= 0.6 is 0 Å². The highest BCUT2D eigenvalue weighted by atomic mass is 16.5. The molecule has 0 radical (unpaired) electrons. The first kappa shape index (κ1) is 13.7. The molecule has 0 N–H and O–H groups in total. The number of rotatable bonds is 5. The lowest BCUT2D eigenvalue weighted by molar-refractivity contribution is 0.173. The average molecular weight is 315 g/mol. The zero-order chi connectivity index (χ0) is 15.2. The standard InChI is InChI=1S/C16H21N5O2/c1-2-12(15-18-16(23-20-15)11-5-6-11)8-21(7-1)9-13-17-14(19-22-13)10-3-4-10/h10-12H,1-9H2/t12-/m0/s1. The van der Waals surface area contributed by atoms with Crippen molar-refractivity contribution < 1.29 is 9.05 Å². The van der Waals surface area contributed by atoms with Crippen molar-refractivity contribution in [3.8, 4) is 0 Å². The van der Waals surface area contributed by atoms with E-state index in [1.165, 1.54) is 25.7 Å². The van der Waals surface area contributed by atoms with Crippen molar-refractivity contribution in [1.29, 1.82) is 0 Å². The summed E-state index contributed by atoms with van der Waals surface area (Å²) in [6, 6.07) is 0. The minimum atomic E-state index is 0.353. The summed E-state index contributed by atoms with van der Waals surface area (Å²) in [6.45, 7) is 2.72. The Kier molecular flexibility index (Phi) is 3.21. The third-order valence-electron chi connectivity index (χ3n) is 5.04. The van der Waals surface area contributed by atoms with Crippen LogP contribution in [0.15, 0.2) is 9.05 Å². The van der Waals surface area contributed by atoms with E-state index in [4.69, 9.17) is 9.05 Å². The molecule has 5 rings (SSSR count). The maximum absolute atomic E-state index is 5.41. The zero-order valence-corrected chi connectivity index (χ0v) is 13.1. The number of piperidine rings is 1. The predicted molar refractivity (Wildman–Crippen MR) is 79.8 cm³/mol. The Bertz CT molecular complexity index is 688. The van der Waals surface area contributed by atoms with E-state index in [0.29, 0.717) is 17.8 Å².